The van der Waals surface area contributed by atoms with Crippen molar-refractivity contribution in [2.75, 3.05) is 0 Å². The summed E-state index contributed by atoms with van der Waals surface area (Å²) in [6.45, 7) is 3.88. The highest BCUT2D eigenvalue weighted by Gasteiger charge is 2.06. The van der Waals surface area contributed by atoms with Gasteiger partial charge in [-0.2, -0.15) is 0 Å². The van der Waals surface area contributed by atoms with Gasteiger partial charge in [-0.25, -0.2) is 0 Å². The Labute approximate surface area is 81.6 Å². The summed E-state index contributed by atoms with van der Waals surface area (Å²) in [5.41, 5.74) is 2.24. The molecule has 0 aliphatic rings. The van der Waals surface area contributed by atoms with Crippen molar-refractivity contribution in [2.45, 2.75) is 26.4 Å². The monoisotopic (exact) mass is 228 g/mol. The van der Waals surface area contributed by atoms with Crippen LogP contribution in [0, 0.1) is 0 Å². The van der Waals surface area contributed by atoms with Gasteiger partial charge < -0.3 is 5.11 Å². The predicted octanol–water partition coefficient (Wildman–Crippen LogP) is 3.06. The summed E-state index contributed by atoms with van der Waals surface area (Å²) >= 11 is 3.38. The molecule has 0 spiro atoms. The van der Waals surface area contributed by atoms with E-state index in [2.05, 4.69) is 22.9 Å². The molecule has 1 nitrogen and oxygen atoms in total. The fourth-order valence-electron chi connectivity index (χ4n) is 1.28. The van der Waals surface area contributed by atoms with Crippen molar-refractivity contribution in [3.8, 4) is 0 Å². The number of benzene rings is 1. The van der Waals surface area contributed by atoms with Crippen molar-refractivity contribution in [2.24, 2.45) is 0 Å². The van der Waals surface area contributed by atoms with Crippen molar-refractivity contribution in [3.63, 3.8) is 0 Å². The number of rotatable bonds is 2. The molecule has 1 unspecified atom stereocenters. The topological polar surface area (TPSA) is 20.2 Å². The highest BCUT2D eigenvalue weighted by molar-refractivity contribution is 9.10. The Morgan fingerprint density at radius 1 is 1.50 bits per heavy atom. The van der Waals surface area contributed by atoms with Gasteiger partial charge >= 0.3 is 0 Å². The Morgan fingerprint density at radius 3 is 2.67 bits per heavy atom. The summed E-state index contributed by atoms with van der Waals surface area (Å²) in [4.78, 5) is 0. The summed E-state index contributed by atoms with van der Waals surface area (Å²) in [5.74, 6) is 0. The molecule has 0 heterocycles. The van der Waals surface area contributed by atoms with Gasteiger partial charge in [0.15, 0.2) is 0 Å². The lowest BCUT2D eigenvalue weighted by Crippen LogP contribution is -1.97. The second-order valence-corrected chi connectivity index (χ2v) is 3.79. The van der Waals surface area contributed by atoms with E-state index in [1.807, 2.05) is 18.2 Å². The van der Waals surface area contributed by atoms with Crippen LogP contribution in [-0.2, 0) is 6.42 Å². The minimum atomic E-state index is -0.377. The van der Waals surface area contributed by atoms with Crippen LogP contribution in [-0.4, -0.2) is 5.11 Å². The van der Waals surface area contributed by atoms with E-state index in [4.69, 9.17) is 0 Å². The number of aliphatic hydroxyl groups is 1. The first-order valence-electron chi connectivity index (χ1n) is 4.11. The Kier molecular flexibility index (Phi) is 3.29. The Morgan fingerprint density at radius 2 is 2.17 bits per heavy atom. The summed E-state index contributed by atoms with van der Waals surface area (Å²) in [6.07, 6.45) is 0.588. The van der Waals surface area contributed by atoms with Gasteiger partial charge in [0.05, 0.1) is 6.10 Å². The standard InChI is InChI=1S/C10H13BrO/c1-3-8-4-5-9(11)6-10(8)7(2)12/h4-7,12H,3H2,1-2H3. The lowest BCUT2D eigenvalue weighted by molar-refractivity contribution is 0.198. The van der Waals surface area contributed by atoms with Crippen molar-refractivity contribution >= 4 is 15.9 Å². The summed E-state index contributed by atoms with van der Waals surface area (Å²) < 4.78 is 1.02. The molecule has 0 aromatic heterocycles. The van der Waals surface area contributed by atoms with Crippen molar-refractivity contribution in [3.05, 3.63) is 33.8 Å². The van der Waals surface area contributed by atoms with E-state index in [-0.39, 0.29) is 6.10 Å². The van der Waals surface area contributed by atoms with Crippen LogP contribution in [0.4, 0.5) is 0 Å². The van der Waals surface area contributed by atoms with E-state index >= 15 is 0 Å². The lowest BCUT2D eigenvalue weighted by Gasteiger charge is -2.10. The molecule has 1 aromatic rings. The molecule has 2 heteroatoms. The van der Waals surface area contributed by atoms with Crippen LogP contribution in [0.1, 0.15) is 31.1 Å². The van der Waals surface area contributed by atoms with Gasteiger partial charge in [-0.1, -0.05) is 28.9 Å². The lowest BCUT2D eigenvalue weighted by atomic mass is 10.0. The first kappa shape index (κ1) is 9.75. The highest BCUT2D eigenvalue weighted by Crippen LogP contribution is 2.22. The molecule has 1 atom stereocenters. The second-order valence-electron chi connectivity index (χ2n) is 2.87. The first-order valence-corrected chi connectivity index (χ1v) is 4.90. The van der Waals surface area contributed by atoms with Gasteiger partial charge in [0, 0.05) is 4.47 Å². The summed E-state index contributed by atoms with van der Waals surface area (Å²) in [5, 5.41) is 9.44. The molecule has 66 valence electrons. The molecule has 0 aliphatic heterocycles. The molecule has 0 saturated carbocycles. The van der Waals surface area contributed by atoms with Gasteiger partial charge in [0.2, 0.25) is 0 Å². The van der Waals surface area contributed by atoms with Gasteiger partial charge in [-0.15, -0.1) is 0 Å². The van der Waals surface area contributed by atoms with E-state index < -0.39 is 0 Å². The van der Waals surface area contributed by atoms with Crippen LogP contribution in [0.15, 0.2) is 22.7 Å². The molecule has 0 aliphatic carbocycles. The highest BCUT2D eigenvalue weighted by atomic mass is 79.9. The van der Waals surface area contributed by atoms with Crippen LogP contribution in [0.25, 0.3) is 0 Å². The number of hydrogen-bond acceptors (Lipinski definition) is 1. The maximum atomic E-state index is 9.44. The zero-order valence-corrected chi connectivity index (χ0v) is 8.93. The van der Waals surface area contributed by atoms with E-state index in [0.29, 0.717) is 0 Å². The molecular formula is C10H13BrO. The smallest absolute Gasteiger partial charge is 0.0764 e. The van der Waals surface area contributed by atoms with Gasteiger partial charge in [0.25, 0.3) is 0 Å². The largest absolute Gasteiger partial charge is 0.389 e. The fourth-order valence-corrected chi connectivity index (χ4v) is 1.66. The molecule has 0 bridgehead atoms. The first-order chi connectivity index (χ1) is 5.65. The van der Waals surface area contributed by atoms with Gasteiger partial charge in [-0.05, 0) is 36.6 Å². The maximum Gasteiger partial charge on any atom is 0.0764 e. The van der Waals surface area contributed by atoms with Crippen LogP contribution < -0.4 is 0 Å². The SMILES string of the molecule is CCc1ccc(Br)cc1C(C)O. The Hall–Kier alpha value is -0.340. The maximum absolute atomic E-state index is 9.44. The zero-order valence-electron chi connectivity index (χ0n) is 7.34. The predicted molar refractivity (Wildman–Crippen MR) is 54.2 cm³/mol. The normalized spacial score (nSPS) is 13.0. The minimum Gasteiger partial charge on any atom is -0.389 e. The molecule has 0 saturated heterocycles. The third-order valence-corrected chi connectivity index (χ3v) is 2.43. The Balaban J connectivity index is 3.12. The molecule has 0 fully saturated rings. The fraction of sp³-hybridized carbons (Fsp3) is 0.400. The van der Waals surface area contributed by atoms with Gasteiger partial charge in [-0.3, -0.25) is 0 Å². The molecule has 12 heavy (non-hydrogen) atoms. The number of aryl methyl sites for hydroxylation is 1. The summed E-state index contributed by atoms with van der Waals surface area (Å²) in [7, 11) is 0. The molecule has 0 amide bonds. The van der Waals surface area contributed by atoms with Crippen molar-refractivity contribution in [1.82, 2.24) is 0 Å². The summed E-state index contributed by atoms with van der Waals surface area (Å²) in [6, 6.07) is 6.03. The minimum absolute atomic E-state index is 0.377. The number of hydrogen-bond donors (Lipinski definition) is 1. The molecule has 1 aromatic carbocycles. The van der Waals surface area contributed by atoms with E-state index in [1.54, 1.807) is 6.92 Å². The average Bonchev–Trinajstić information content (AvgIpc) is 2.04. The number of aliphatic hydroxyl groups excluding tert-OH is 1. The van der Waals surface area contributed by atoms with Crippen LogP contribution in [0.5, 0.6) is 0 Å². The second kappa shape index (κ2) is 4.06. The van der Waals surface area contributed by atoms with E-state index in [1.165, 1.54) is 5.56 Å². The van der Waals surface area contributed by atoms with Crippen molar-refractivity contribution < 1.29 is 5.11 Å². The molecular weight excluding hydrogens is 216 g/mol. The number of halogens is 1. The van der Waals surface area contributed by atoms with Crippen LogP contribution in [0.2, 0.25) is 0 Å². The third-order valence-electron chi connectivity index (χ3n) is 1.94. The van der Waals surface area contributed by atoms with Crippen LogP contribution in [0.3, 0.4) is 0 Å². The van der Waals surface area contributed by atoms with E-state index in [0.717, 1.165) is 16.5 Å². The van der Waals surface area contributed by atoms with Crippen molar-refractivity contribution in [1.29, 1.82) is 0 Å². The van der Waals surface area contributed by atoms with E-state index in [9.17, 15) is 5.11 Å². The zero-order chi connectivity index (χ0) is 9.14. The molecule has 1 N–H and O–H groups in total. The average molecular weight is 229 g/mol. The quantitative estimate of drug-likeness (QED) is 0.826. The Bertz CT molecular complexity index is 269. The van der Waals surface area contributed by atoms with Crippen LogP contribution >= 0.6 is 15.9 Å². The third kappa shape index (κ3) is 2.08. The van der Waals surface area contributed by atoms with Gasteiger partial charge in [0.1, 0.15) is 0 Å². The molecule has 1 rings (SSSR count). The molecule has 0 radical (unpaired) electrons.